The van der Waals surface area contributed by atoms with Gasteiger partial charge >= 0.3 is 11.9 Å². The number of nitrogens with one attached hydrogen (secondary N) is 1. The van der Waals surface area contributed by atoms with Crippen LogP contribution in [0.3, 0.4) is 0 Å². The van der Waals surface area contributed by atoms with Gasteiger partial charge in [0.05, 0.1) is 0 Å². The third-order valence-corrected chi connectivity index (χ3v) is 4.28. The molecule has 1 saturated heterocycles. The lowest BCUT2D eigenvalue weighted by Gasteiger charge is -2.12. The number of benzene rings is 1. The summed E-state index contributed by atoms with van der Waals surface area (Å²) in [5.41, 5.74) is 4.75. The molecule has 1 fully saturated rings. The highest BCUT2D eigenvalue weighted by Gasteiger charge is 2.23. The Morgan fingerprint density at radius 3 is 1.83 bits per heavy atom. The molecule has 0 saturated carbocycles. The van der Waals surface area contributed by atoms with Crippen LogP contribution in [0.5, 0.6) is 0 Å². The average molecular weight is 497 g/mol. The number of aliphatic carboxylic acids is 1. The first-order valence-electron chi connectivity index (χ1n) is 10.9. The minimum absolute atomic E-state index is 0.164. The zero-order valence-electron chi connectivity index (χ0n) is 21.2. The summed E-state index contributed by atoms with van der Waals surface area (Å²) in [5.74, 6) is -0.233. The number of carbonyl (C=O) groups is 3. The number of cyclic esters (lactones) is 1. The van der Waals surface area contributed by atoms with E-state index in [1.807, 2.05) is 64.8 Å². The molecular weight excluding hydrogens is 464 g/mol. The highest BCUT2D eigenvalue weighted by Crippen LogP contribution is 2.13. The van der Waals surface area contributed by atoms with Gasteiger partial charge in [0, 0.05) is 22.8 Å². The fourth-order valence-electron chi connectivity index (χ4n) is 2.87. The number of hydrogen-bond donors (Lipinski definition) is 2. The zero-order valence-corrected chi connectivity index (χ0v) is 21.2. The molecule has 2 N–H and O–H groups in total. The number of carboxylic acid groups (broad SMARTS) is 1. The Kier molecular flexibility index (Phi) is 12.7. The lowest BCUT2D eigenvalue weighted by Crippen LogP contribution is -2.22. The van der Waals surface area contributed by atoms with E-state index >= 15 is 0 Å². The van der Waals surface area contributed by atoms with Gasteiger partial charge in [0.2, 0.25) is 11.9 Å². The molecule has 36 heavy (non-hydrogen) atoms. The van der Waals surface area contributed by atoms with E-state index in [0.717, 1.165) is 22.8 Å². The fourth-order valence-corrected chi connectivity index (χ4v) is 2.87. The molecule has 0 aliphatic carbocycles. The van der Waals surface area contributed by atoms with Crippen LogP contribution in [-0.4, -0.2) is 63.6 Å². The van der Waals surface area contributed by atoms with Gasteiger partial charge in [-0.25, -0.2) is 19.9 Å². The van der Waals surface area contributed by atoms with Crippen LogP contribution in [0.15, 0.2) is 42.5 Å². The van der Waals surface area contributed by atoms with Crippen LogP contribution in [-0.2, 0) is 19.1 Å². The van der Waals surface area contributed by atoms with Crippen LogP contribution in [0.1, 0.15) is 28.3 Å². The fraction of sp³-hybridized carbons (Fsp3) is 0.320. The summed E-state index contributed by atoms with van der Waals surface area (Å²) in [6.45, 7) is 11.9. The van der Waals surface area contributed by atoms with Crippen molar-refractivity contribution in [3.8, 4) is 0 Å². The molecule has 11 heteroatoms. The van der Waals surface area contributed by atoms with Gasteiger partial charge in [-0.1, -0.05) is 35.9 Å². The predicted molar refractivity (Wildman–Crippen MR) is 136 cm³/mol. The van der Waals surface area contributed by atoms with E-state index < -0.39 is 5.97 Å². The van der Waals surface area contributed by atoms with Gasteiger partial charge in [-0.2, -0.15) is 0 Å². The normalized spacial score (nSPS) is 11.5. The molecule has 0 spiro atoms. The minimum atomic E-state index is -0.928. The summed E-state index contributed by atoms with van der Waals surface area (Å²) in [6.07, 6.45) is 0. The van der Waals surface area contributed by atoms with E-state index in [2.05, 4.69) is 44.3 Å². The first-order valence-corrected chi connectivity index (χ1v) is 10.9. The first-order chi connectivity index (χ1) is 17.1. The van der Waals surface area contributed by atoms with Crippen molar-refractivity contribution < 1.29 is 24.2 Å². The summed E-state index contributed by atoms with van der Waals surface area (Å²) in [6, 6.07) is 14.0. The van der Waals surface area contributed by atoms with Gasteiger partial charge in [0.1, 0.15) is 19.9 Å². The lowest BCUT2D eigenvalue weighted by atomic mass is 10.2. The van der Waals surface area contributed by atoms with Crippen molar-refractivity contribution in [3.05, 3.63) is 70.8 Å². The quantitative estimate of drug-likeness (QED) is 0.514. The van der Waals surface area contributed by atoms with E-state index in [1.54, 1.807) is 4.90 Å². The predicted octanol–water partition coefficient (Wildman–Crippen LogP) is 2.81. The molecule has 4 rings (SSSR count). The number of carboxylic acids is 1. The number of hydrogen-bond acceptors (Lipinski definition) is 10. The highest BCUT2D eigenvalue weighted by molar-refractivity contribution is 5.77. The second-order valence-electron chi connectivity index (χ2n) is 7.67. The molecule has 0 radical (unpaired) electrons. The standard InChI is InChI=1S/C9H11N3O2.C8H11N3O2.C7H8.CH2O/c1-6-3-7(2)11-9(10-6)12-4-8(13)14-5-12;1-5-3-6(2)11-8(10-5)9-4-7(12)13;1-7-5-3-2-4-6-7;1-2/h3H,4-5H2,1-2H3;3H,4H2,1-2H3,(H,12,13)(H,9,10,11);2-6H,1H3;1H2. The minimum Gasteiger partial charge on any atom is -0.480 e. The van der Waals surface area contributed by atoms with E-state index in [1.165, 1.54) is 5.56 Å². The van der Waals surface area contributed by atoms with Crippen molar-refractivity contribution in [2.45, 2.75) is 34.6 Å². The molecule has 1 aromatic carbocycles. The topological polar surface area (TPSA) is 148 Å². The molecule has 192 valence electrons. The summed E-state index contributed by atoms with van der Waals surface area (Å²) < 4.78 is 4.81. The average Bonchev–Trinajstić information content (AvgIpc) is 3.26. The van der Waals surface area contributed by atoms with Gasteiger partial charge < -0.3 is 20.0 Å². The van der Waals surface area contributed by atoms with E-state index in [4.69, 9.17) is 14.6 Å². The lowest BCUT2D eigenvalue weighted by molar-refractivity contribution is -0.137. The number of carbonyl (C=O) groups excluding carboxylic acids is 2. The first kappa shape index (κ1) is 29.6. The van der Waals surface area contributed by atoms with Crippen LogP contribution < -0.4 is 10.2 Å². The summed E-state index contributed by atoms with van der Waals surface area (Å²) in [7, 11) is 0. The summed E-state index contributed by atoms with van der Waals surface area (Å²) >= 11 is 0. The van der Waals surface area contributed by atoms with Crippen LogP contribution in [0.4, 0.5) is 11.9 Å². The second-order valence-corrected chi connectivity index (χ2v) is 7.67. The Morgan fingerprint density at radius 2 is 1.44 bits per heavy atom. The van der Waals surface area contributed by atoms with Gasteiger partial charge in [-0.3, -0.25) is 14.5 Å². The summed E-state index contributed by atoms with van der Waals surface area (Å²) in [4.78, 5) is 47.3. The number of anilines is 2. The van der Waals surface area contributed by atoms with E-state index in [0.29, 0.717) is 11.9 Å². The molecule has 0 bridgehead atoms. The number of ether oxygens (including phenoxy) is 1. The molecule has 0 atom stereocenters. The Balaban J connectivity index is 0.000000273. The van der Waals surface area contributed by atoms with Gasteiger partial charge in [0.25, 0.3) is 0 Å². The van der Waals surface area contributed by atoms with Crippen molar-refractivity contribution in [2.24, 2.45) is 0 Å². The molecule has 3 heterocycles. The van der Waals surface area contributed by atoms with Gasteiger partial charge in [-0.15, -0.1) is 0 Å². The molecule has 0 unspecified atom stereocenters. The maximum atomic E-state index is 10.9. The number of rotatable bonds is 4. The Bertz CT molecular complexity index is 1090. The maximum Gasteiger partial charge on any atom is 0.327 e. The SMILES string of the molecule is C=O.Cc1cc(C)nc(N2COC(=O)C2)n1.Cc1cc(C)nc(NCC(=O)O)n1.Cc1ccccc1. The number of aromatic nitrogens is 4. The van der Waals surface area contributed by atoms with Crippen molar-refractivity contribution in [2.75, 3.05) is 30.0 Å². The van der Waals surface area contributed by atoms with Crippen LogP contribution in [0.25, 0.3) is 0 Å². The number of aryl methyl sites for hydroxylation is 5. The van der Waals surface area contributed by atoms with E-state index in [9.17, 15) is 9.59 Å². The molecular formula is C25H32N6O5. The third kappa shape index (κ3) is 11.6. The van der Waals surface area contributed by atoms with Gasteiger partial charge in [0.15, 0.2) is 6.73 Å². The number of esters is 1. The van der Waals surface area contributed by atoms with Crippen molar-refractivity contribution in [1.82, 2.24) is 19.9 Å². The smallest absolute Gasteiger partial charge is 0.327 e. The largest absolute Gasteiger partial charge is 0.480 e. The maximum absolute atomic E-state index is 10.9. The zero-order chi connectivity index (χ0) is 27.1. The third-order valence-electron chi connectivity index (χ3n) is 4.28. The van der Waals surface area contributed by atoms with Crippen molar-refractivity contribution in [1.29, 1.82) is 0 Å². The van der Waals surface area contributed by atoms with E-state index in [-0.39, 0.29) is 25.8 Å². The van der Waals surface area contributed by atoms with Gasteiger partial charge in [-0.05, 0) is 46.8 Å². The van der Waals surface area contributed by atoms with Crippen LogP contribution in [0, 0.1) is 34.6 Å². The molecule has 1 aliphatic rings. The summed E-state index contributed by atoms with van der Waals surface area (Å²) in [5, 5.41) is 11.0. The highest BCUT2D eigenvalue weighted by atomic mass is 16.6. The Morgan fingerprint density at radius 1 is 0.944 bits per heavy atom. The van der Waals surface area contributed by atoms with Crippen molar-refractivity contribution in [3.63, 3.8) is 0 Å². The molecule has 0 amide bonds. The number of nitrogens with zero attached hydrogens (tertiary/aromatic N) is 5. The monoisotopic (exact) mass is 496 g/mol. The molecule has 3 aromatic rings. The van der Waals surface area contributed by atoms with Crippen LogP contribution in [0.2, 0.25) is 0 Å². The molecule has 11 nitrogen and oxygen atoms in total. The second kappa shape index (κ2) is 15.5. The Labute approximate surface area is 210 Å². The molecule has 2 aromatic heterocycles. The molecule has 1 aliphatic heterocycles. The van der Waals surface area contributed by atoms with Crippen LogP contribution >= 0.6 is 0 Å². The Hall–Kier alpha value is -4.41. The van der Waals surface area contributed by atoms with Crippen molar-refractivity contribution >= 4 is 30.6 Å².